The molecule has 0 atom stereocenters. The van der Waals surface area contributed by atoms with E-state index < -0.39 is 11.8 Å². The standard InChI is InChI=1S/C16H17FN2O2S2/c1-4-21-15(20)13-9(2)10(3)23-14(13)19-16(22)18-12-8-6-5-7-11(12)17/h5-8H,4H2,1-3H3,(H2,18,19,22). The molecule has 0 fully saturated rings. The van der Waals surface area contributed by atoms with E-state index in [4.69, 9.17) is 17.0 Å². The number of halogens is 1. The number of thiophene rings is 1. The molecule has 4 nitrogen and oxygen atoms in total. The van der Waals surface area contributed by atoms with Crippen LogP contribution in [-0.4, -0.2) is 17.7 Å². The Kier molecular flexibility index (Phi) is 5.68. The number of rotatable bonds is 4. The lowest BCUT2D eigenvalue weighted by Crippen LogP contribution is -2.20. The molecule has 0 radical (unpaired) electrons. The number of ether oxygens (including phenoxy) is 1. The number of esters is 1. The van der Waals surface area contributed by atoms with Gasteiger partial charge in [0.05, 0.1) is 17.9 Å². The van der Waals surface area contributed by atoms with Crippen molar-refractivity contribution in [3.05, 3.63) is 46.1 Å². The monoisotopic (exact) mass is 352 g/mol. The summed E-state index contributed by atoms with van der Waals surface area (Å²) in [7, 11) is 0. The van der Waals surface area contributed by atoms with Gasteiger partial charge >= 0.3 is 5.97 Å². The highest BCUT2D eigenvalue weighted by molar-refractivity contribution is 7.80. The van der Waals surface area contributed by atoms with Crippen LogP contribution in [0.3, 0.4) is 0 Å². The molecule has 1 aromatic carbocycles. The lowest BCUT2D eigenvalue weighted by Gasteiger charge is -2.11. The van der Waals surface area contributed by atoms with Crippen LogP contribution in [0.2, 0.25) is 0 Å². The van der Waals surface area contributed by atoms with E-state index in [1.807, 2.05) is 13.8 Å². The maximum Gasteiger partial charge on any atom is 0.341 e. The normalized spacial score (nSPS) is 10.3. The Bertz CT molecular complexity index is 744. The van der Waals surface area contributed by atoms with Crippen molar-refractivity contribution in [2.75, 3.05) is 17.2 Å². The van der Waals surface area contributed by atoms with Crippen molar-refractivity contribution in [3.63, 3.8) is 0 Å². The fraction of sp³-hybridized carbons (Fsp3) is 0.250. The van der Waals surface area contributed by atoms with Crippen molar-refractivity contribution in [2.24, 2.45) is 0 Å². The van der Waals surface area contributed by atoms with Gasteiger partial charge in [-0.25, -0.2) is 9.18 Å². The molecule has 0 amide bonds. The van der Waals surface area contributed by atoms with E-state index in [-0.39, 0.29) is 10.8 Å². The molecule has 1 heterocycles. The highest BCUT2D eigenvalue weighted by atomic mass is 32.1. The molecule has 0 aliphatic rings. The van der Waals surface area contributed by atoms with E-state index >= 15 is 0 Å². The van der Waals surface area contributed by atoms with Crippen molar-refractivity contribution in [3.8, 4) is 0 Å². The molecule has 0 saturated carbocycles. The molecular formula is C16H17FN2O2S2. The topological polar surface area (TPSA) is 50.4 Å². The highest BCUT2D eigenvalue weighted by Gasteiger charge is 2.21. The number of carbonyl (C=O) groups is 1. The lowest BCUT2D eigenvalue weighted by atomic mass is 10.1. The number of nitrogens with one attached hydrogen (secondary N) is 2. The number of para-hydroxylation sites is 1. The van der Waals surface area contributed by atoms with Crippen molar-refractivity contribution in [1.82, 2.24) is 0 Å². The van der Waals surface area contributed by atoms with Gasteiger partial charge in [-0.2, -0.15) is 0 Å². The van der Waals surface area contributed by atoms with Gasteiger partial charge in [0.25, 0.3) is 0 Å². The van der Waals surface area contributed by atoms with Crippen molar-refractivity contribution in [2.45, 2.75) is 20.8 Å². The first kappa shape index (κ1) is 17.4. The molecule has 1 aromatic heterocycles. The molecule has 0 spiro atoms. The quantitative estimate of drug-likeness (QED) is 0.627. The Labute approximate surface area is 143 Å². The second kappa shape index (κ2) is 7.52. The van der Waals surface area contributed by atoms with E-state index in [1.54, 1.807) is 25.1 Å². The van der Waals surface area contributed by atoms with Gasteiger partial charge in [0.2, 0.25) is 0 Å². The van der Waals surface area contributed by atoms with Crippen LogP contribution in [0, 0.1) is 19.7 Å². The molecule has 0 aliphatic carbocycles. The fourth-order valence-electron chi connectivity index (χ4n) is 1.98. The van der Waals surface area contributed by atoms with E-state index in [1.165, 1.54) is 17.4 Å². The lowest BCUT2D eigenvalue weighted by molar-refractivity contribution is 0.0527. The van der Waals surface area contributed by atoms with Crippen molar-refractivity contribution >= 4 is 45.3 Å². The van der Waals surface area contributed by atoms with Crippen LogP contribution in [0.1, 0.15) is 27.7 Å². The Balaban J connectivity index is 2.20. The number of aryl methyl sites for hydroxylation is 1. The van der Waals surface area contributed by atoms with Gasteiger partial charge < -0.3 is 15.4 Å². The van der Waals surface area contributed by atoms with Crippen molar-refractivity contribution in [1.29, 1.82) is 0 Å². The average molecular weight is 352 g/mol. The second-order valence-corrected chi connectivity index (χ2v) is 6.40. The summed E-state index contributed by atoms with van der Waals surface area (Å²) in [6.07, 6.45) is 0. The fourth-order valence-corrected chi connectivity index (χ4v) is 3.31. The number of hydrogen-bond acceptors (Lipinski definition) is 4. The summed E-state index contributed by atoms with van der Waals surface area (Å²) < 4.78 is 18.7. The molecule has 0 unspecified atom stereocenters. The van der Waals surface area contributed by atoms with E-state index in [0.717, 1.165) is 10.4 Å². The van der Waals surface area contributed by atoms with Crippen LogP contribution in [0.5, 0.6) is 0 Å². The Morgan fingerprint density at radius 2 is 2.00 bits per heavy atom. The van der Waals surface area contributed by atoms with Crippen LogP contribution in [0.4, 0.5) is 15.1 Å². The third-order valence-corrected chi connectivity index (χ3v) is 4.54. The number of carbonyl (C=O) groups excluding carboxylic acids is 1. The minimum absolute atomic E-state index is 0.210. The first-order valence-electron chi connectivity index (χ1n) is 7.03. The summed E-state index contributed by atoms with van der Waals surface area (Å²) >= 11 is 6.61. The molecule has 0 bridgehead atoms. The smallest absolute Gasteiger partial charge is 0.341 e. The minimum atomic E-state index is -0.402. The molecule has 0 saturated heterocycles. The van der Waals surface area contributed by atoms with Gasteiger partial charge in [-0.3, -0.25) is 0 Å². The van der Waals surface area contributed by atoms with Crippen LogP contribution in [0.25, 0.3) is 0 Å². The SMILES string of the molecule is CCOC(=O)c1c(NC(=S)Nc2ccccc2F)sc(C)c1C. The van der Waals surface area contributed by atoms with Gasteiger partial charge in [0.1, 0.15) is 10.8 Å². The number of thiocarbonyl (C=S) groups is 1. The molecule has 2 N–H and O–H groups in total. The summed E-state index contributed by atoms with van der Waals surface area (Å²) in [6.45, 7) is 5.83. The van der Waals surface area contributed by atoms with Crippen molar-refractivity contribution < 1.29 is 13.9 Å². The van der Waals surface area contributed by atoms with Gasteiger partial charge in [0.15, 0.2) is 5.11 Å². The Morgan fingerprint density at radius 3 is 2.65 bits per heavy atom. The Morgan fingerprint density at radius 1 is 1.30 bits per heavy atom. The predicted octanol–water partition coefficient (Wildman–Crippen LogP) is 4.49. The Hall–Kier alpha value is -1.99. The third-order valence-electron chi connectivity index (χ3n) is 3.21. The second-order valence-electron chi connectivity index (χ2n) is 4.77. The maximum absolute atomic E-state index is 13.6. The summed E-state index contributed by atoms with van der Waals surface area (Å²) in [4.78, 5) is 13.1. The first-order chi connectivity index (χ1) is 10.9. The summed E-state index contributed by atoms with van der Waals surface area (Å²) in [5, 5.41) is 6.54. The first-order valence-corrected chi connectivity index (χ1v) is 8.26. The molecule has 7 heteroatoms. The van der Waals surface area contributed by atoms with Crippen LogP contribution in [0.15, 0.2) is 24.3 Å². The zero-order valence-corrected chi connectivity index (χ0v) is 14.7. The predicted molar refractivity (Wildman–Crippen MR) is 96.0 cm³/mol. The zero-order chi connectivity index (χ0) is 17.0. The summed E-state index contributed by atoms with van der Waals surface area (Å²) in [5.74, 6) is -0.800. The van der Waals surface area contributed by atoms with Crippen LogP contribution >= 0.6 is 23.6 Å². The molecule has 2 rings (SSSR count). The van der Waals surface area contributed by atoms with Gasteiger partial charge in [0, 0.05) is 4.88 Å². The third kappa shape index (κ3) is 4.05. The van der Waals surface area contributed by atoms with E-state index in [0.29, 0.717) is 17.2 Å². The molecule has 2 aromatic rings. The summed E-state index contributed by atoms with van der Waals surface area (Å²) in [5.41, 5.74) is 1.59. The number of benzene rings is 1. The van der Waals surface area contributed by atoms with Gasteiger partial charge in [-0.1, -0.05) is 12.1 Å². The largest absolute Gasteiger partial charge is 0.462 e. The number of hydrogen-bond donors (Lipinski definition) is 2. The van der Waals surface area contributed by atoms with E-state index in [9.17, 15) is 9.18 Å². The number of anilines is 2. The minimum Gasteiger partial charge on any atom is -0.462 e. The highest BCUT2D eigenvalue weighted by Crippen LogP contribution is 2.33. The van der Waals surface area contributed by atoms with Crippen LogP contribution < -0.4 is 10.6 Å². The molecule has 0 aliphatic heterocycles. The van der Waals surface area contributed by atoms with Gasteiger partial charge in [-0.15, -0.1) is 11.3 Å². The van der Waals surface area contributed by atoms with E-state index in [2.05, 4.69) is 10.6 Å². The van der Waals surface area contributed by atoms with Gasteiger partial charge in [-0.05, 0) is 50.7 Å². The molecular weight excluding hydrogens is 335 g/mol. The van der Waals surface area contributed by atoms with Crippen LogP contribution in [-0.2, 0) is 4.74 Å². The summed E-state index contributed by atoms with van der Waals surface area (Å²) in [6, 6.07) is 6.23. The maximum atomic E-state index is 13.6. The average Bonchev–Trinajstić information content (AvgIpc) is 2.76. The zero-order valence-electron chi connectivity index (χ0n) is 13.0. The molecule has 122 valence electrons. The molecule has 23 heavy (non-hydrogen) atoms.